The fourth-order valence-corrected chi connectivity index (χ4v) is 5.05. The lowest BCUT2D eigenvalue weighted by molar-refractivity contribution is -0.136. The number of aryl methyl sites for hydroxylation is 1. The van der Waals surface area contributed by atoms with E-state index in [1.165, 1.54) is 0 Å². The number of hydrogen-bond acceptors (Lipinski definition) is 4. The number of carboxylic acid groups (broad SMARTS) is 1. The minimum Gasteiger partial charge on any atom is -0.478 e. The molecule has 0 bridgehead atoms. The second-order valence-corrected chi connectivity index (χ2v) is 8.53. The Bertz CT molecular complexity index is 757. The summed E-state index contributed by atoms with van der Waals surface area (Å²) in [7, 11) is 0. The Morgan fingerprint density at radius 2 is 1.93 bits per heavy atom. The van der Waals surface area contributed by atoms with Gasteiger partial charge in [0.1, 0.15) is 0 Å². The summed E-state index contributed by atoms with van der Waals surface area (Å²) in [5.41, 5.74) is 3.22. The summed E-state index contributed by atoms with van der Waals surface area (Å²) in [4.78, 5) is 26.6. The topological polar surface area (TPSA) is 78.9 Å². The van der Waals surface area contributed by atoms with Crippen molar-refractivity contribution in [3.05, 3.63) is 34.4 Å². The maximum atomic E-state index is 13.1. The minimum absolute atomic E-state index is 0.0858. The van der Waals surface area contributed by atoms with Gasteiger partial charge in [-0.05, 0) is 68.2 Å². The number of ether oxygens (including phenoxy) is 1. The van der Waals surface area contributed by atoms with E-state index in [-0.39, 0.29) is 11.8 Å². The third-order valence-corrected chi connectivity index (χ3v) is 6.50. The fraction of sp³-hybridized carbons (Fsp3) is 0.636. The van der Waals surface area contributed by atoms with E-state index < -0.39 is 5.97 Å². The SMILES string of the molecule is Cc1cc2c(c(C(=O)O)c1)CCN(C(=O)[C@H]1CC[C@@H](NC3CCOCC3)C1)C2. The molecular formula is C22H30N2O4. The van der Waals surface area contributed by atoms with E-state index >= 15 is 0 Å². The summed E-state index contributed by atoms with van der Waals surface area (Å²) >= 11 is 0. The molecule has 152 valence electrons. The molecule has 2 heterocycles. The summed E-state index contributed by atoms with van der Waals surface area (Å²) in [6, 6.07) is 4.72. The number of aromatic carboxylic acids is 1. The molecule has 2 atom stereocenters. The summed E-state index contributed by atoms with van der Waals surface area (Å²) in [6.45, 7) is 4.72. The monoisotopic (exact) mass is 386 g/mol. The molecule has 6 nitrogen and oxygen atoms in total. The molecule has 0 radical (unpaired) electrons. The van der Waals surface area contributed by atoms with Crippen LogP contribution in [0.3, 0.4) is 0 Å². The highest BCUT2D eigenvalue weighted by atomic mass is 16.5. The van der Waals surface area contributed by atoms with E-state index in [1.54, 1.807) is 6.07 Å². The first kappa shape index (κ1) is 19.4. The van der Waals surface area contributed by atoms with Gasteiger partial charge in [-0.3, -0.25) is 4.79 Å². The molecule has 4 rings (SSSR count). The Morgan fingerprint density at radius 3 is 2.68 bits per heavy atom. The molecule has 1 aliphatic carbocycles. The Balaban J connectivity index is 1.38. The predicted octanol–water partition coefficient (Wildman–Crippen LogP) is 2.52. The molecule has 1 saturated heterocycles. The molecule has 6 heteroatoms. The van der Waals surface area contributed by atoms with E-state index in [0.29, 0.717) is 37.2 Å². The van der Waals surface area contributed by atoms with Crippen LogP contribution >= 0.6 is 0 Å². The number of carboxylic acids is 1. The molecule has 0 unspecified atom stereocenters. The van der Waals surface area contributed by atoms with Gasteiger partial charge in [0.2, 0.25) is 5.91 Å². The van der Waals surface area contributed by atoms with Crippen LogP contribution in [0.1, 0.15) is 59.2 Å². The van der Waals surface area contributed by atoms with Crippen LogP contribution in [0, 0.1) is 12.8 Å². The number of hydrogen-bond donors (Lipinski definition) is 2. The van der Waals surface area contributed by atoms with Gasteiger partial charge in [-0.1, -0.05) is 6.07 Å². The predicted molar refractivity (Wildman–Crippen MR) is 105 cm³/mol. The number of rotatable bonds is 4. The highest BCUT2D eigenvalue weighted by molar-refractivity contribution is 5.90. The molecule has 28 heavy (non-hydrogen) atoms. The summed E-state index contributed by atoms with van der Waals surface area (Å²) in [5.74, 6) is -0.555. The van der Waals surface area contributed by atoms with E-state index in [9.17, 15) is 14.7 Å². The molecular weight excluding hydrogens is 356 g/mol. The van der Waals surface area contributed by atoms with Gasteiger partial charge in [0, 0.05) is 44.3 Å². The Hall–Kier alpha value is -1.92. The third kappa shape index (κ3) is 4.08. The van der Waals surface area contributed by atoms with Gasteiger partial charge < -0.3 is 20.1 Å². The zero-order chi connectivity index (χ0) is 19.7. The number of benzene rings is 1. The average Bonchev–Trinajstić information content (AvgIpc) is 3.15. The van der Waals surface area contributed by atoms with Crippen LogP contribution in [0.15, 0.2) is 12.1 Å². The largest absolute Gasteiger partial charge is 0.478 e. The molecule has 2 aliphatic heterocycles. The van der Waals surface area contributed by atoms with Crippen molar-refractivity contribution in [2.75, 3.05) is 19.8 Å². The van der Waals surface area contributed by atoms with E-state index in [0.717, 1.165) is 62.0 Å². The van der Waals surface area contributed by atoms with Crippen LogP contribution in [0.5, 0.6) is 0 Å². The Labute approximate surface area is 166 Å². The van der Waals surface area contributed by atoms with E-state index in [4.69, 9.17) is 4.74 Å². The van der Waals surface area contributed by atoms with Crippen molar-refractivity contribution < 1.29 is 19.4 Å². The van der Waals surface area contributed by atoms with Crippen molar-refractivity contribution in [2.45, 2.75) is 64.1 Å². The molecule has 1 aromatic carbocycles. The smallest absolute Gasteiger partial charge is 0.335 e. The van der Waals surface area contributed by atoms with E-state index in [2.05, 4.69) is 5.32 Å². The van der Waals surface area contributed by atoms with Crippen molar-refractivity contribution >= 4 is 11.9 Å². The summed E-state index contributed by atoms with van der Waals surface area (Å²) < 4.78 is 5.43. The van der Waals surface area contributed by atoms with Crippen LogP contribution in [0.25, 0.3) is 0 Å². The van der Waals surface area contributed by atoms with Crippen molar-refractivity contribution in [1.29, 1.82) is 0 Å². The molecule has 3 aliphatic rings. The highest BCUT2D eigenvalue weighted by Gasteiger charge is 2.35. The summed E-state index contributed by atoms with van der Waals surface area (Å²) in [6.07, 6.45) is 5.65. The minimum atomic E-state index is -0.877. The first-order valence-electron chi connectivity index (χ1n) is 10.5. The van der Waals surface area contributed by atoms with Crippen LogP contribution in [-0.4, -0.2) is 53.7 Å². The van der Waals surface area contributed by atoms with Gasteiger partial charge in [0.05, 0.1) is 5.56 Å². The average molecular weight is 386 g/mol. The first-order valence-corrected chi connectivity index (χ1v) is 10.5. The fourth-order valence-electron chi connectivity index (χ4n) is 5.05. The standard InChI is InChI=1S/C22H30N2O4/c1-14-10-16-13-24(7-4-19(16)20(11-14)22(26)27)21(25)15-2-3-18(12-15)23-17-5-8-28-9-6-17/h10-11,15,17-18,23H,2-9,12-13H2,1H3,(H,26,27)/t15-,18+/m0/s1. The number of nitrogens with zero attached hydrogens (tertiary/aromatic N) is 1. The summed E-state index contributed by atoms with van der Waals surface area (Å²) in [5, 5.41) is 13.2. The second kappa shape index (κ2) is 8.21. The first-order chi connectivity index (χ1) is 13.5. The number of amides is 1. The van der Waals surface area contributed by atoms with Gasteiger partial charge in [0.15, 0.2) is 0 Å². The number of carbonyl (C=O) groups excluding carboxylic acids is 1. The molecule has 0 aromatic heterocycles. The molecule has 2 N–H and O–H groups in total. The number of fused-ring (bicyclic) bond motifs is 1. The Kier molecular flexibility index (Phi) is 5.69. The number of nitrogens with one attached hydrogen (secondary N) is 1. The lowest BCUT2D eigenvalue weighted by Crippen LogP contribution is -2.42. The van der Waals surface area contributed by atoms with Gasteiger partial charge >= 0.3 is 5.97 Å². The van der Waals surface area contributed by atoms with Crippen LogP contribution < -0.4 is 5.32 Å². The van der Waals surface area contributed by atoms with Gasteiger partial charge in [-0.2, -0.15) is 0 Å². The van der Waals surface area contributed by atoms with Gasteiger partial charge in [0.25, 0.3) is 0 Å². The third-order valence-electron chi connectivity index (χ3n) is 6.50. The van der Waals surface area contributed by atoms with Crippen molar-refractivity contribution in [2.24, 2.45) is 5.92 Å². The van der Waals surface area contributed by atoms with Gasteiger partial charge in [-0.15, -0.1) is 0 Å². The Morgan fingerprint density at radius 1 is 1.14 bits per heavy atom. The molecule has 1 amide bonds. The van der Waals surface area contributed by atoms with Crippen molar-refractivity contribution in [3.8, 4) is 0 Å². The molecule has 0 spiro atoms. The normalized spacial score (nSPS) is 25.5. The second-order valence-electron chi connectivity index (χ2n) is 8.53. The van der Waals surface area contributed by atoms with Crippen LogP contribution in [0.2, 0.25) is 0 Å². The van der Waals surface area contributed by atoms with Crippen molar-refractivity contribution in [1.82, 2.24) is 10.2 Å². The maximum absolute atomic E-state index is 13.1. The molecule has 1 saturated carbocycles. The highest BCUT2D eigenvalue weighted by Crippen LogP contribution is 2.31. The molecule has 1 aromatic rings. The van der Waals surface area contributed by atoms with Crippen LogP contribution in [-0.2, 0) is 22.5 Å². The van der Waals surface area contributed by atoms with Gasteiger partial charge in [-0.25, -0.2) is 4.79 Å². The van der Waals surface area contributed by atoms with Crippen LogP contribution in [0.4, 0.5) is 0 Å². The maximum Gasteiger partial charge on any atom is 0.335 e. The zero-order valence-corrected chi connectivity index (χ0v) is 16.6. The zero-order valence-electron chi connectivity index (χ0n) is 16.6. The molecule has 2 fully saturated rings. The quantitative estimate of drug-likeness (QED) is 0.831. The van der Waals surface area contributed by atoms with E-state index in [1.807, 2.05) is 17.9 Å². The lowest BCUT2D eigenvalue weighted by atomic mass is 9.91. The van der Waals surface area contributed by atoms with Crippen molar-refractivity contribution in [3.63, 3.8) is 0 Å². The number of carbonyl (C=O) groups is 2. The lowest BCUT2D eigenvalue weighted by Gasteiger charge is -2.32.